The highest BCUT2D eigenvalue weighted by atomic mass is 19.4. The number of halogens is 3. The van der Waals surface area contributed by atoms with E-state index in [1.165, 1.54) is 12.1 Å². The number of anilines is 1. The molecule has 0 aromatic heterocycles. The number of nitrogens with one attached hydrogen (secondary N) is 1. The van der Waals surface area contributed by atoms with E-state index in [-0.39, 0.29) is 18.4 Å². The molecule has 1 atom stereocenters. The molecule has 0 saturated heterocycles. The van der Waals surface area contributed by atoms with Gasteiger partial charge in [0.05, 0.1) is 6.61 Å². The Hall–Kier alpha value is -2.21. The second-order valence-corrected chi connectivity index (χ2v) is 4.84. The third-order valence-corrected chi connectivity index (χ3v) is 3.11. The number of aliphatic hydroxyl groups excluding tert-OH is 1. The maximum absolute atomic E-state index is 12.1. The van der Waals surface area contributed by atoms with Gasteiger partial charge in [-0.1, -0.05) is 24.3 Å². The molecule has 0 radical (unpaired) electrons. The highest BCUT2D eigenvalue weighted by Gasteiger charge is 2.30. The van der Waals surface area contributed by atoms with Gasteiger partial charge in [-0.2, -0.15) is 0 Å². The van der Waals surface area contributed by atoms with Crippen molar-refractivity contribution in [2.75, 3.05) is 5.32 Å². The van der Waals surface area contributed by atoms with Crippen LogP contribution in [0.1, 0.15) is 24.1 Å². The number of hydrogen-bond donors (Lipinski definition) is 2. The first-order valence-corrected chi connectivity index (χ1v) is 6.69. The molecule has 0 spiro atoms. The average Bonchev–Trinajstić information content (AvgIpc) is 2.46. The van der Waals surface area contributed by atoms with Gasteiger partial charge in [0.25, 0.3) is 0 Å². The summed E-state index contributed by atoms with van der Waals surface area (Å²) in [6.45, 7) is 1.85. The molecule has 0 aliphatic rings. The molecule has 2 N–H and O–H groups in total. The number of aliphatic hydroxyl groups is 1. The smallest absolute Gasteiger partial charge is 0.406 e. The van der Waals surface area contributed by atoms with Crippen molar-refractivity contribution in [1.82, 2.24) is 0 Å². The topological polar surface area (TPSA) is 41.5 Å². The van der Waals surface area contributed by atoms with Crippen LogP contribution in [-0.4, -0.2) is 11.5 Å². The maximum atomic E-state index is 12.1. The van der Waals surface area contributed by atoms with Crippen molar-refractivity contribution < 1.29 is 23.0 Å². The van der Waals surface area contributed by atoms with Gasteiger partial charge in [-0.05, 0) is 42.3 Å². The van der Waals surface area contributed by atoms with E-state index >= 15 is 0 Å². The Balaban J connectivity index is 2.04. The summed E-state index contributed by atoms with van der Waals surface area (Å²) in [4.78, 5) is 0. The fraction of sp³-hybridized carbons (Fsp3) is 0.250. The number of hydrogen-bond acceptors (Lipinski definition) is 3. The van der Waals surface area contributed by atoms with Crippen molar-refractivity contribution in [3.05, 3.63) is 59.7 Å². The Kier molecular flexibility index (Phi) is 4.92. The van der Waals surface area contributed by atoms with E-state index in [9.17, 15) is 13.2 Å². The minimum atomic E-state index is -4.68. The molecule has 0 fully saturated rings. The first kappa shape index (κ1) is 16.2. The van der Waals surface area contributed by atoms with Gasteiger partial charge in [0, 0.05) is 11.7 Å². The van der Waals surface area contributed by atoms with Crippen LogP contribution in [0.3, 0.4) is 0 Å². The summed E-state index contributed by atoms with van der Waals surface area (Å²) in [6.07, 6.45) is -4.68. The molecule has 2 rings (SSSR count). The summed E-state index contributed by atoms with van der Waals surface area (Å²) in [5.74, 6) is -0.245. The lowest BCUT2D eigenvalue weighted by atomic mass is 10.1. The van der Waals surface area contributed by atoms with Crippen molar-refractivity contribution in [3.63, 3.8) is 0 Å². The Bertz CT molecular complexity index is 612. The van der Waals surface area contributed by atoms with Gasteiger partial charge in [0.2, 0.25) is 0 Å². The summed E-state index contributed by atoms with van der Waals surface area (Å²) in [5, 5.41) is 12.3. The van der Waals surface area contributed by atoms with Crippen LogP contribution in [0, 0.1) is 0 Å². The lowest BCUT2D eigenvalue weighted by Crippen LogP contribution is -2.17. The largest absolute Gasteiger partial charge is 0.573 e. The molecule has 6 heteroatoms. The molecule has 0 aliphatic heterocycles. The van der Waals surface area contributed by atoms with Crippen molar-refractivity contribution in [2.45, 2.75) is 25.9 Å². The van der Waals surface area contributed by atoms with E-state index in [4.69, 9.17) is 5.11 Å². The van der Waals surface area contributed by atoms with Crippen LogP contribution >= 0.6 is 0 Å². The maximum Gasteiger partial charge on any atom is 0.573 e. The van der Waals surface area contributed by atoms with E-state index < -0.39 is 6.36 Å². The van der Waals surface area contributed by atoms with Crippen LogP contribution in [0.25, 0.3) is 0 Å². The number of ether oxygens (including phenoxy) is 1. The zero-order valence-corrected chi connectivity index (χ0v) is 11.9. The van der Waals surface area contributed by atoms with Gasteiger partial charge in [-0.25, -0.2) is 0 Å². The van der Waals surface area contributed by atoms with Crippen LogP contribution in [0.5, 0.6) is 5.75 Å². The molecule has 0 aliphatic carbocycles. The summed E-state index contributed by atoms with van der Waals surface area (Å²) >= 11 is 0. The highest BCUT2D eigenvalue weighted by Crippen LogP contribution is 2.26. The molecular formula is C16H16F3NO2. The zero-order valence-electron chi connectivity index (χ0n) is 11.9. The fourth-order valence-electron chi connectivity index (χ4n) is 2.05. The van der Waals surface area contributed by atoms with E-state index in [1.807, 2.05) is 25.1 Å². The molecule has 0 amide bonds. The van der Waals surface area contributed by atoms with E-state index in [2.05, 4.69) is 10.1 Å². The lowest BCUT2D eigenvalue weighted by molar-refractivity contribution is -0.274. The second-order valence-electron chi connectivity index (χ2n) is 4.84. The molecule has 2 aromatic rings. The van der Waals surface area contributed by atoms with Crippen molar-refractivity contribution in [3.8, 4) is 5.75 Å². The molecule has 22 heavy (non-hydrogen) atoms. The van der Waals surface area contributed by atoms with Crippen LogP contribution in [-0.2, 0) is 6.61 Å². The minimum Gasteiger partial charge on any atom is -0.406 e. The Morgan fingerprint density at radius 1 is 1.14 bits per heavy atom. The van der Waals surface area contributed by atoms with Gasteiger partial charge in [0.1, 0.15) is 5.75 Å². The third kappa shape index (κ3) is 4.66. The first-order valence-electron chi connectivity index (χ1n) is 6.69. The van der Waals surface area contributed by atoms with E-state index in [1.54, 1.807) is 18.2 Å². The summed E-state index contributed by atoms with van der Waals surface area (Å²) in [5.41, 5.74) is 2.43. The Morgan fingerprint density at radius 2 is 1.82 bits per heavy atom. The average molecular weight is 311 g/mol. The fourth-order valence-corrected chi connectivity index (χ4v) is 2.05. The van der Waals surface area contributed by atoms with Crippen molar-refractivity contribution >= 4 is 5.69 Å². The van der Waals surface area contributed by atoms with Crippen molar-refractivity contribution in [1.29, 1.82) is 0 Å². The van der Waals surface area contributed by atoms with Gasteiger partial charge < -0.3 is 15.2 Å². The van der Waals surface area contributed by atoms with Crippen LogP contribution in [0.2, 0.25) is 0 Å². The van der Waals surface area contributed by atoms with Crippen molar-refractivity contribution in [2.24, 2.45) is 0 Å². The number of alkyl halides is 3. The molecule has 0 bridgehead atoms. The molecular weight excluding hydrogens is 295 g/mol. The van der Waals surface area contributed by atoms with Crippen LogP contribution < -0.4 is 10.1 Å². The normalized spacial score (nSPS) is 12.8. The van der Waals surface area contributed by atoms with E-state index in [0.29, 0.717) is 0 Å². The standard InChI is InChI=1S/C16H16F3NO2/c1-11(20-14-4-2-3-12(9-14)10-21)13-5-7-15(8-6-13)22-16(17,18)19/h2-9,11,20-21H,10H2,1H3. The Morgan fingerprint density at radius 3 is 2.41 bits per heavy atom. The van der Waals surface area contributed by atoms with Crippen LogP contribution in [0.4, 0.5) is 18.9 Å². The monoisotopic (exact) mass is 311 g/mol. The molecule has 1 unspecified atom stereocenters. The lowest BCUT2D eigenvalue weighted by Gasteiger charge is -2.17. The molecule has 0 heterocycles. The molecule has 2 aromatic carbocycles. The van der Waals surface area contributed by atoms with Gasteiger partial charge in [-0.3, -0.25) is 0 Å². The highest BCUT2D eigenvalue weighted by molar-refractivity contribution is 5.47. The molecule has 3 nitrogen and oxygen atoms in total. The Labute approximate surface area is 126 Å². The number of benzene rings is 2. The van der Waals surface area contributed by atoms with Crippen LogP contribution in [0.15, 0.2) is 48.5 Å². The SMILES string of the molecule is CC(Nc1cccc(CO)c1)c1ccc(OC(F)(F)F)cc1. The molecule has 0 saturated carbocycles. The predicted molar refractivity (Wildman–Crippen MR) is 77.5 cm³/mol. The summed E-state index contributed by atoms with van der Waals surface area (Å²) < 4.78 is 40.1. The van der Waals surface area contributed by atoms with Gasteiger partial charge in [-0.15, -0.1) is 13.2 Å². The van der Waals surface area contributed by atoms with Gasteiger partial charge >= 0.3 is 6.36 Å². The van der Waals surface area contributed by atoms with Gasteiger partial charge in [0.15, 0.2) is 0 Å². The zero-order chi connectivity index (χ0) is 16.2. The summed E-state index contributed by atoms with van der Waals surface area (Å²) in [7, 11) is 0. The second kappa shape index (κ2) is 6.70. The quantitative estimate of drug-likeness (QED) is 0.867. The summed E-state index contributed by atoms with van der Waals surface area (Å²) in [6, 6.07) is 12.9. The predicted octanol–water partition coefficient (Wildman–Crippen LogP) is 4.25. The third-order valence-electron chi connectivity index (χ3n) is 3.11. The molecule has 118 valence electrons. The first-order chi connectivity index (χ1) is 10.4. The minimum absolute atomic E-state index is 0.0482. The number of rotatable bonds is 5. The van der Waals surface area contributed by atoms with E-state index in [0.717, 1.165) is 16.8 Å².